The van der Waals surface area contributed by atoms with Crippen molar-refractivity contribution in [3.63, 3.8) is 0 Å². The van der Waals surface area contributed by atoms with Gasteiger partial charge in [0.2, 0.25) is 0 Å². The Balaban J connectivity index is 2.51. The molecular weight excluding hydrogens is 238 g/mol. The lowest BCUT2D eigenvalue weighted by Crippen LogP contribution is -2.15. The van der Waals surface area contributed by atoms with Crippen LogP contribution < -0.4 is 0 Å². The van der Waals surface area contributed by atoms with Crippen LogP contribution in [0.4, 0.5) is 0 Å². The largest absolute Gasteiger partial charge is 0.507 e. The van der Waals surface area contributed by atoms with Gasteiger partial charge in [-0.3, -0.25) is 0 Å². The molecule has 2 rings (SSSR count). The fraction of sp³-hybridized carbons (Fsp3) is 0.333. The zero-order valence-corrected chi connectivity index (χ0v) is 10.6. The second kappa shape index (κ2) is 4.07. The van der Waals surface area contributed by atoms with Crippen molar-refractivity contribution in [1.82, 2.24) is 4.98 Å². The van der Waals surface area contributed by atoms with Crippen LogP contribution in [-0.2, 0) is 15.6 Å². The van der Waals surface area contributed by atoms with Gasteiger partial charge >= 0.3 is 0 Å². The van der Waals surface area contributed by atoms with Crippen LogP contribution in [-0.4, -0.2) is 23.8 Å². The number of H-pyrrole nitrogens is 1. The molecule has 0 radical (unpaired) electrons. The summed E-state index contributed by atoms with van der Waals surface area (Å²) < 4.78 is 23.7. The maximum atomic E-state index is 11.9. The van der Waals surface area contributed by atoms with E-state index in [4.69, 9.17) is 0 Å². The number of sulfone groups is 1. The van der Waals surface area contributed by atoms with Crippen LogP contribution in [0.2, 0.25) is 0 Å². The molecule has 0 saturated carbocycles. The number of aromatic nitrogens is 1. The molecule has 0 amide bonds. The summed E-state index contributed by atoms with van der Waals surface area (Å²) in [7, 11) is -3.16. The molecule has 0 aliphatic carbocycles. The average Bonchev–Trinajstić information content (AvgIpc) is 2.62. The van der Waals surface area contributed by atoms with Gasteiger partial charge in [0.05, 0.1) is 11.0 Å². The van der Waals surface area contributed by atoms with Crippen LogP contribution in [0.3, 0.4) is 0 Å². The first-order valence-corrected chi connectivity index (χ1v) is 7.13. The maximum absolute atomic E-state index is 11.9. The van der Waals surface area contributed by atoms with Crippen molar-refractivity contribution >= 4 is 20.7 Å². The third-order valence-electron chi connectivity index (χ3n) is 2.84. The Morgan fingerprint density at radius 1 is 1.35 bits per heavy atom. The third-order valence-corrected chi connectivity index (χ3v) is 4.99. The molecule has 0 atom stereocenters. The number of phenolic OH excluding ortho intramolecular Hbond substituents is 1. The van der Waals surface area contributed by atoms with Gasteiger partial charge in [-0.25, -0.2) is 8.42 Å². The second-order valence-corrected chi connectivity index (χ2v) is 6.93. The summed E-state index contributed by atoms with van der Waals surface area (Å²) in [5, 5.41) is 9.94. The van der Waals surface area contributed by atoms with Crippen LogP contribution >= 0.6 is 0 Å². The van der Waals surface area contributed by atoms with Crippen LogP contribution in [0.5, 0.6) is 5.75 Å². The highest BCUT2D eigenvalue weighted by Crippen LogP contribution is 2.29. The van der Waals surface area contributed by atoms with Gasteiger partial charge in [0.25, 0.3) is 0 Å². The Bertz CT molecular complexity index is 641. The molecule has 92 valence electrons. The zero-order valence-electron chi connectivity index (χ0n) is 9.77. The number of phenols is 1. The Labute approximate surface area is 100 Å². The van der Waals surface area contributed by atoms with Crippen molar-refractivity contribution in [1.29, 1.82) is 0 Å². The fourth-order valence-corrected chi connectivity index (χ4v) is 2.73. The minimum Gasteiger partial charge on any atom is -0.507 e. The summed E-state index contributed by atoms with van der Waals surface area (Å²) >= 11 is 0. The number of rotatable bonds is 3. The molecule has 1 aromatic heterocycles. The quantitative estimate of drug-likeness (QED) is 0.881. The molecule has 1 aromatic carbocycles. The normalized spacial score (nSPS) is 12.4. The predicted molar refractivity (Wildman–Crippen MR) is 67.7 cm³/mol. The van der Waals surface area contributed by atoms with E-state index in [1.54, 1.807) is 38.2 Å². The first-order valence-electron chi connectivity index (χ1n) is 5.41. The Kier molecular flexibility index (Phi) is 2.87. The van der Waals surface area contributed by atoms with Crippen molar-refractivity contribution < 1.29 is 13.5 Å². The summed E-state index contributed by atoms with van der Waals surface area (Å²) in [5.74, 6) is 0.0557. The number of hydrogen-bond donors (Lipinski definition) is 2. The van der Waals surface area contributed by atoms with E-state index in [2.05, 4.69) is 4.98 Å². The van der Waals surface area contributed by atoms with Gasteiger partial charge in [0.1, 0.15) is 5.75 Å². The Morgan fingerprint density at radius 3 is 2.71 bits per heavy atom. The molecule has 2 N–H and O–H groups in total. The first kappa shape index (κ1) is 12.0. The van der Waals surface area contributed by atoms with Gasteiger partial charge in [0, 0.05) is 17.1 Å². The summed E-state index contributed by atoms with van der Waals surface area (Å²) in [5.41, 5.74) is 1.37. The topological polar surface area (TPSA) is 70.2 Å². The highest BCUT2D eigenvalue weighted by Gasteiger charge is 2.19. The smallest absolute Gasteiger partial charge is 0.156 e. The van der Waals surface area contributed by atoms with E-state index in [9.17, 15) is 13.5 Å². The summed E-state index contributed by atoms with van der Waals surface area (Å²) in [4.78, 5) is 2.97. The molecule has 0 spiro atoms. The van der Waals surface area contributed by atoms with Crippen molar-refractivity contribution in [2.75, 3.05) is 0 Å². The SMILES string of the molecule is CC(C)S(=O)(=O)Cc1c[nH]c2cccc(O)c12. The number of aromatic hydroxyl groups is 1. The number of hydrogen-bond acceptors (Lipinski definition) is 3. The Hall–Kier alpha value is -1.49. The van der Waals surface area contributed by atoms with Crippen molar-refractivity contribution in [3.8, 4) is 5.75 Å². The van der Waals surface area contributed by atoms with E-state index < -0.39 is 15.1 Å². The lowest BCUT2D eigenvalue weighted by molar-refractivity contribution is 0.481. The number of nitrogens with one attached hydrogen (secondary N) is 1. The van der Waals surface area contributed by atoms with Crippen LogP contribution in [0.15, 0.2) is 24.4 Å². The molecular formula is C12H15NO3S. The molecule has 0 saturated heterocycles. The van der Waals surface area contributed by atoms with E-state index in [0.717, 1.165) is 5.52 Å². The Morgan fingerprint density at radius 2 is 2.06 bits per heavy atom. The van der Waals surface area contributed by atoms with E-state index in [1.165, 1.54) is 0 Å². The molecule has 0 bridgehead atoms. The fourth-order valence-electron chi connectivity index (χ4n) is 1.73. The molecule has 2 aromatic rings. The standard InChI is InChI=1S/C12H15NO3S/c1-8(2)17(15,16)7-9-6-13-10-4-3-5-11(14)12(9)10/h3-6,8,13-14H,7H2,1-2H3. The first-order chi connectivity index (χ1) is 7.92. The van der Waals surface area contributed by atoms with Crippen molar-refractivity contribution in [2.24, 2.45) is 0 Å². The summed E-state index contributed by atoms with van der Waals surface area (Å²) in [6.45, 7) is 3.31. The molecule has 0 aliphatic rings. The zero-order chi connectivity index (χ0) is 12.6. The monoisotopic (exact) mass is 253 g/mol. The minimum atomic E-state index is -3.16. The molecule has 0 fully saturated rings. The molecule has 0 aliphatic heterocycles. The number of benzene rings is 1. The van der Waals surface area contributed by atoms with Gasteiger partial charge in [0.15, 0.2) is 9.84 Å². The lowest BCUT2D eigenvalue weighted by Gasteiger charge is -2.07. The van der Waals surface area contributed by atoms with Crippen LogP contribution in [0, 0.1) is 0 Å². The van der Waals surface area contributed by atoms with E-state index in [1.807, 2.05) is 0 Å². The molecule has 5 heteroatoms. The molecule has 1 heterocycles. The van der Waals surface area contributed by atoms with Crippen LogP contribution in [0.25, 0.3) is 10.9 Å². The highest BCUT2D eigenvalue weighted by molar-refractivity contribution is 7.91. The molecule has 0 unspecified atom stereocenters. The van der Waals surface area contributed by atoms with Crippen molar-refractivity contribution in [2.45, 2.75) is 24.9 Å². The van der Waals surface area contributed by atoms with E-state index in [0.29, 0.717) is 10.9 Å². The molecule has 17 heavy (non-hydrogen) atoms. The summed E-state index contributed by atoms with van der Waals surface area (Å²) in [6, 6.07) is 5.08. The minimum absolute atomic E-state index is 0.0533. The number of aromatic amines is 1. The summed E-state index contributed by atoms with van der Waals surface area (Å²) in [6.07, 6.45) is 1.64. The van der Waals surface area contributed by atoms with E-state index >= 15 is 0 Å². The van der Waals surface area contributed by atoms with Gasteiger partial charge in [-0.15, -0.1) is 0 Å². The second-order valence-electron chi connectivity index (χ2n) is 4.37. The lowest BCUT2D eigenvalue weighted by atomic mass is 10.2. The molecule has 4 nitrogen and oxygen atoms in total. The predicted octanol–water partition coefficient (Wildman–Crippen LogP) is 2.20. The van der Waals surface area contributed by atoms with Gasteiger partial charge in [-0.2, -0.15) is 0 Å². The van der Waals surface area contributed by atoms with Gasteiger partial charge in [-0.1, -0.05) is 6.07 Å². The van der Waals surface area contributed by atoms with E-state index in [-0.39, 0.29) is 11.5 Å². The van der Waals surface area contributed by atoms with Crippen LogP contribution in [0.1, 0.15) is 19.4 Å². The van der Waals surface area contributed by atoms with Gasteiger partial charge < -0.3 is 10.1 Å². The maximum Gasteiger partial charge on any atom is 0.156 e. The number of fused-ring (bicyclic) bond motifs is 1. The van der Waals surface area contributed by atoms with Gasteiger partial charge in [-0.05, 0) is 31.5 Å². The van der Waals surface area contributed by atoms with Crippen molar-refractivity contribution in [3.05, 3.63) is 30.0 Å². The highest BCUT2D eigenvalue weighted by atomic mass is 32.2. The third kappa shape index (κ3) is 2.15. The average molecular weight is 253 g/mol.